The summed E-state index contributed by atoms with van der Waals surface area (Å²) in [5.74, 6) is 0.995. The Bertz CT molecular complexity index is 549. The summed E-state index contributed by atoms with van der Waals surface area (Å²) in [4.78, 5) is 11.6. The molecule has 3 rings (SSSR count). The van der Waals surface area contributed by atoms with E-state index in [0.29, 0.717) is 6.04 Å². The summed E-state index contributed by atoms with van der Waals surface area (Å²) in [6.07, 6.45) is 4.37. The van der Waals surface area contributed by atoms with Gasteiger partial charge in [-0.05, 0) is 38.4 Å². The van der Waals surface area contributed by atoms with E-state index in [1.54, 1.807) is 0 Å². The van der Waals surface area contributed by atoms with E-state index in [1.807, 2.05) is 30.5 Å². The second-order valence-electron chi connectivity index (χ2n) is 5.00. The number of likely N-dealkylation sites (N-methyl/N-ethyl adjacent to an activating group) is 1. The van der Waals surface area contributed by atoms with Crippen LogP contribution in [0.25, 0.3) is 11.0 Å². The van der Waals surface area contributed by atoms with E-state index in [4.69, 9.17) is 4.98 Å². The van der Waals surface area contributed by atoms with Crippen LogP contribution in [0.4, 0.5) is 5.82 Å². The lowest BCUT2D eigenvalue weighted by Gasteiger charge is -2.34. The molecule has 2 heterocycles. The summed E-state index contributed by atoms with van der Waals surface area (Å²) in [6, 6.07) is 8.58. The van der Waals surface area contributed by atoms with E-state index in [1.165, 1.54) is 12.8 Å². The van der Waals surface area contributed by atoms with Gasteiger partial charge in [-0.2, -0.15) is 0 Å². The van der Waals surface area contributed by atoms with Crippen molar-refractivity contribution in [2.24, 2.45) is 0 Å². The molecule has 1 aliphatic rings. The van der Waals surface area contributed by atoms with Crippen molar-refractivity contribution < 1.29 is 0 Å². The summed E-state index contributed by atoms with van der Waals surface area (Å²) in [5, 5.41) is 3.47. The maximum atomic E-state index is 4.76. The largest absolute Gasteiger partial charge is 0.351 e. The quantitative estimate of drug-likeness (QED) is 0.914. The Labute approximate surface area is 113 Å². The van der Waals surface area contributed by atoms with E-state index in [2.05, 4.69) is 22.1 Å². The van der Waals surface area contributed by atoms with Crippen LogP contribution in [0.5, 0.6) is 0 Å². The van der Waals surface area contributed by atoms with Crippen LogP contribution in [-0.4, -0.2) is 35.6 Å². The summed E-state index contributed by atoms with van der Waals surface area (Å²) in [7, 11) is 0. The number of benzene rings is 1. The van der Waals surface area contributed by atoms with E-state index in [-0.39, 0.29) is 0 Å². The number of nitrogens with one attached hydrogen (secondary N) is 1. The fourth-order valence-electron chi connectivity index (χ4n) is 2.79. The molecule has 1 aromatic carbocycles. The number of para-hydroxylation sites is 2. The highest BCUT2D eigenvalue weighted by molar-refractivity contribution is 5.75. The van der Waals surface area contributed by atoms with Crippen LogP contribution < -0.4 is 10.2 Å². The molecule has 0 spiro atoms. The van der Waals surface area contributed by atoms with Crippen molar-refractivity contribution in [3.05, 3.63) is 30.5 Å². The van der Waals surface area contributed by atoms with Crippen LogP contribution in [0.3, 0.4) is 0 Å². The first-order chi connectivity index (χ1) is 9.38. The minimum absolute atomic E-state index is 0.536. The summed E-state index contributed by atoms with van der Waals surface area (Å²) >= 11 is 0. The van der Waals surface area contributed by atoms with Gasteiger partial charge in [-0.3, -0.25) is 4.98 Å². The number of anilines is 1. The van der Waals surface area contributed by atoms with Gasteiger partial charge in [-0.1, -0.05) is 12.1 Å². The van der Waals surface area contributed by atoms with Gasteiger partial charge in [-0.25, -0.2) is 4.98 Å². The number of aromatic nitrogens is 2. The molecule has 1 unspecified atom stereocenters. The molecule has 1 fully saturated rings. The van der Waals surface area contributed by atoms with Gasteiger partial charge in [-0.15, -0.1) is 0 Å². The van der Waals surface area contributed by atoms with Crippen molar-refractivity contribution in [2.45, 2.75) is 25.8 Å². The second kappa shape index (κ2) is 5.53. The lowest BCUT2D eigenvalue weighted by Crippen LogP contribution is -2.46. The van der Waals surface area contributed by atoms with Crippen LogP contribution in [0.1, 0.15) is 19.8 Å². The van der Waals surface area contributed by atoms with Crippen LogP contribution in [0.15, 0.2) is 30.5 Å². The normalized spacial score (nSPS) is 19.5. The predicted molar refractivity (Wildman–Crippen MR) is 78.4 cm³/mol. The molecule has 1 saturated heterocycles. The highest BCUT2D eigenvalue weighted by Gasteiger charge is 2.21. The zero-order chi connectivity index (χ0) is 13.1. The van der Waals surface area contributed by atoms with Crippen molar-refractivity contribution >= 4 is 16.9 Å². The topological polar surface area (TPSA) is 41.1 Å². The van der Waals surface area contributed by atoms with Gasteiger partial charge < -0.3 is 10.2 Å². The van der Waals surface area contributed by atoms with Crippen molar-refractivity contribution in [1.82, 2.24) is 15.3 Å². The van der Waals surface area contributed by atoms with Crippen molar-refractivity contribution in [2.75, 3.05) is 24.5 Å². The molecule has 1 aliphatic heterocycles. The lowest BCUT2D eigenvalue weighted by atomic mass is 10.1. The Hall–Kier alpha value is -1.68. The maximum absolute atomic E-state index is 4.76. The maximum Gasteiger partial charge on any atom is 0.148 e. The number of hydrogen-bond acceptors (Lipinski definition) is 4. The molecular weight excluding hydrogens is 236 g/mol. The first-order valence-corrected chi connectivity index (χ1v) is 7.07. The molecule has 2 aromatic rings. The molecule has 0 bridgehead atoms. The Morgan fingerprint density at radius 3 is 2.89 bits per heavy atom. The Morgan fingerprint density at radius 2 is 2.16 bits per heavy atom. The third kappa shape index (κ3) is 2.54. The van der Waals surface area contributed by atoms with Gasteiger partial charge in [0, 0.05) is 19.1 Å². The second-order valence-corrected chi connectivity index (χ2v) is 5.00. The van der Waals surface area contributed by atoms with Crippen LogP contribution in [-0.2, 0) is 0 Å². The van der Waals surface area contributed by atoms with Gasteiger partial charge in [0.1, 0.15) is 5.82 Å². The molecule has 4 heteroatoms. The fraction of sp³-hybridized carbons (Fsp3) is 0.467. The van der Waals surface area contributed by atoms with Crippen molar-refractivity contribution in [1.29, 1.82) is 0 Å². The average molecular weight is 256 g/mol. The van der Waals surface area contributed by atoms with Crippen LogP contribution >= 0.6 is 0 Å². The standard InChI is InChI=1S/C15H20N4/c1-2-19(12-6-5-9-16-10-12)15-11-17-13-7-3-4-8-14(13)18-15/h3-4,7-8,11-12,16H,2,5-6,9-10H2,1H3. The number of rotatable bonds is 3. The molecule has 1 N–H and O–H groups in total. The predicted octanol–water partition coefficient (Wildman–Crippen LogP) is 2.21. The third-order valence-corrected chi connectivity index (χ3v) is 3.78. The van der Waals surface area contributed by atoms with Gasteiger partial charge in [0.2, 0.25) is 0 Å². The molecule has 100 valence electrons. The number of piperidine rings is 1. The number of fused-ring (bicyclic) bond motifs is 1. The minimum Gasteiger partial charge on any atom is -0.351 e. The number of nitrogens with zero attached hydrogens (tertiary/aromatic N) is 3. The average Bonchev–Trinajstić information content (AvgIpc) is 2.49. The van der Waals surface area contributed by atoms with Gasteiger partial charge in [0.15, 0.2) is 0 Å². The first kappa shape index (κ1) is 12.4. The van der Waals surface area contributed by atoms with Crippen molar-refractivity contribution in [3.8, 4) is 0 Å². The Balaban J connectivity index is 1.91. The lowest BCUT2D eigenvalue weighted by molar-refractivity contribution is 0.433. The fourth-order valence-corrected chi connectivity index (χ4v) is 2.79. The van der Waals surface area contributed by atoms with E-state index < -0.39 is 0 Å². The zero-order valence-electron chi connectivity index (χ0n) is 11.3. The molecule has 1 atom stereocenters. The molecule has 0 saturated carbocycles. The Kier molecular flexibility index (Phi) is 3.60. The van der Waals surface area contributed by atoms with E-state index >= 15 is 0 Å². The summed E-state index contributed by atoms with van der Waals surface area (Å²) in [5.41, 5.74) is 1.94. The van der Waals surface area contributed by atoms with Crippen molar-refractivity contribution in [3.63, 3.8) is 0 Å². The molecule has 0 radical (unpaired) electrons. The number of hydrogen-bond donors (Lipinski definition) is 1. The molecule has 1 aromatic heterocycles. The van der Waals surface area contributed by atoms with E-state index in [0.717, 1.165) is 36.5 Å². The molecule has 0 amide bonds. The summed E-state index contributed by atoms with van der Waals surface area (Å²) < 4.78 is 0. The highest BCUT2D eigenvalue weighted by Crippen LogP contribution is 2.20. The molecular formula is C15H20N4. The van der Waals surface area contributed by atoms with Crippen LogP contribution in [0, 0.1) is 0 Å². The first-order valence-electron chi connectivity index (χ1n) is 7.07. The highest BCUT2D eigenvalue weighted by atomic mass is 15.2. The van der Waals surface area contributed by atoms with Gasteiger partial charge in [0.25, 0.3) is 0 Å². The SMILES string of the molecule is CCN(c1cnc2ccccc2n1)C1CCCNC1. The third-order valence-electron chi connectivity index (χ3n) is 3.78. The Morgan fingerprint density at radius 1 is 1.32 bits per heavy atom. The monoisotopic (exact) mass is 256 g/mol. The zero-order valence-corrected chi connectivity index (χ0v) is 11.3. The van der Waals surface area contributed by atoms with Gasteiger partial charge >= 0.3 is 0 Å². The molecule has 0 aliphatic carbocycles. The molecule has 4 nitrogen and oxygen atoms in total. The molecule has 19 heavy (non-hydrogen) atoms. The van der Waals surface area contributed by atoms with E-state index in [9.17, 15) is 0 Å². The van der Waals surface area contributed by atoms with Gasteiger partial charge in [0.05, 0.1) is 17.2 Å². The van der Waals surface area contributed by atoms with Crippen LogP contribution in [0.2, 0.25) is 0 Å². The summed E-state index contributed by atoms with van der Waals surface area (Å²) in [6.45, 7) is 5.34. The minimum atomic E-state index is 0.536. The smallest absolute Gasteiger partial charge is 0.148 e.